The van der Waals surface area contributed by atoms with E-state index in [2.05, 4.69) is 5.32 Å². The zero-order chi connectivity index (χ0) is 15.3. The molecule has 0 fully saturated rings. The third-order valence-electron chi connectivity index (χ3n) is 2.89. The lowest BCUT2D eigenvalue weighted by atomic mass is 10.0. The van der Waals surface area contributed by atoms with Crippen LogP contribution >= 0.6 is 0 Å². The van der Waals surface area contributed by atoms with Gasteiger partial charge >= 0.3 is 5.97 Å². The average Bonchev–Trinajstić information content (AvgIpc) is 2.35. The molecule has 1 rings (SSSR count). The van der Waals surface area contributed by atoms with Crippen molar-refractivity contribution >= 4 is 11.9 Å². The van der Waals surface area contributed by atoms with E-state index in [1.165, 1.54) is 13.8 Å². The van der Waals surface area contributed by atoms with E-state index in [4.69, 9.17) is 9.84 Å². The van der Waals surface area contributed by atoms with Crippen LogP contribution in [-0.2, 0) is 9.59 Å². The van der Waals surface area contributed by atoms with Crippen molar-refractivity contribution in [1.82, 2.24) is 5.32 Å². The van der Waals surface area contributed by atoms with Crippen LogP contribution in [0.15, 0.2) is 24.3 Å². The molecule has 5 heteroatoms. The summed E-state index contributed by atoms with van der Waals surface area (Å²) >= 11 is 0. The first-order valence-electron chi connectivity index (χ1n) is 6.50. The molecular formula is C15H21NO4. The summed E-state index contributed by atoms with van der Waals surface area (Å²) in [5.41, 5.74) is -0.296. The van der Waals surface area contributed by atoms with E-state index in [9.17, 15) is 9.59 Å². The maximum absolute atomic E-state index is 11.7. The second kappa shape index (κ2) is 6.41. The third kappa shape index (κ3) is 4.26. The van der Waals surface area contributed by atoms with E-state index < -0.39 is 17.4 Å². The fraction of sp³-hybridized carbons (Fsp3) is 0.467. The highest BCUT2D eigenvalue weighted by Gasteiger charge is 2.28. The van der Waals surface area contributed by atoms with Crippen molar-refractivity contribution in [1.29, 1.82) is 0 Å². The molecule has 0 atom stereocenters. The average molecular weight is 279 g/mol. The van der Waals surface area contributed by atoms with Crippen LogP contribution in [0.25, 0.3) is 0 Å². The molecule has 0 aliphatic heterocycles. The first-order valence-corrected chi connectivity index (χ1v) is 6.50. The molecule has 0 spiro atoms. The fourth-order valence-corrected chi connectivity index (χ4v) is 1.67. The minimum Gasteiger partial charge on any atom is -0.483 e. The van der Waals surface area contributed by atoms with Gasteiger partial charge in [0.05, 0.1) is 0 Å². The maximum Gasteiger partial charge on any atom is 0.328 e. The summed E-state index contributed by atoms with van der Waals surface area (Å²) < 4.78 is 5.48. The highest BCUT2D eigenvalue weighted by atomic mass is 16.5. The number of aliphatic carboxylic acids is 1. The number of para-hydroxylation sites is 1. The van der Waals surface area contributed by atoms with E-state index >= 15 is 0 Å². The van der Waals surface area contributed by atoms with E-state index in [0.29, 0.717) is 5.75 Å². The summed E-state index contributed by atoms with van der Waals surface area (Å²) in [5.74, 6) is -0.625. The highest BCUT2D eigenvalue weighted by Crippen LogP contribution is 2.25. The van der Waals surface area contributed by atoms with Gasteiger partial charge in [-0.25, -0.2) is 4.79 Å². The number of ether oxygens (including phenoxy) is 1. The van der Waals surface area contributed by atoms with Crippen molar-refractivity contribution in [2.24, 2.45) is 0 Å². The Kier molecular flexibility index (Phi) is 5.13. The monoisotopic (exact) mass is 279 g/mol. The number of carboxylic acids is 1. The van der Waals surface area contributed by atoms with Crippen molar-refractivity contribution < 1.29 is 19.4 Å². The SMILES string of the molecule is CC(C)c1ccccc1OCC(=O)NC(C)(C)C(=O)O. The van der Waals surface area contributed by atoms with E-state index in [1.807, 2.05) is 32.0 Å². The molecule has 0 aliphatic rings. The Morgan fingerprint density at radius 2 is 1.90 bits per heavy atom. The summed E-state index contributed by atoms with van der Waals surface area (Å²) in [6, 6.07) is 7.49. The Hall–Kier alpha value is -2.04. The van der Waals surface area contributed by atoms with Gasteiger partial charge in [0.2, 0.25) is 0 Å². The zero-order valence-corrected chi connectivity index (χ0v) is 12.3. The standard InChI is InChI=1S/C15H21NO4/c1-10(2)11-7-5-6-8-12(11)20-9-13(17)16-15(3,4)14(18)19/h5-8,10H,9H2,1-4H3,(H,16,17)(H,18,19). The van der Waals surface area contributed by atoms with Gasteiger partial charge in [-0.05, 0) is 31.4 Å². The molecule has 0 aliphatic carbocycles. The smallest absolute Gasteiger partial charge is 0.328 e. The van der Waals surface area contributed by atoms with Crippen molar-refractivity contribution in [3.05, 3.63) is 29.8 Å². The molecular weight excluding hydrogens is 258 g/mol. The Balaban J connectivity index is 2.64. The van der Waals surface area contributed by atoms with Gasteiger partial charge in [0.15, 0.2) is 6.61 Å². The Bertz CT molecular complexity index is 494. The summed E-state index contributed by atoms with van der Waals surface area (Å²) in [6.07, 6.45) is 0. The summed E-state index contributed by atoms with van der Waals surface area (Å²) in [7, 11) is 0. The van der Waals surface area contributed by atoms with Crippen molar-refractivity contribution in [2.45, 2.75) is 39.2 Å². The molecule has 0 heterocycles. The molecule has 1 aromatic rings. The van der Waals surface area contributed by atoms with Gasteiger partial charge in [-0.15, -0.1) is 0 Å². The molecule has 0 saturated carbocycles. The molecule has 2 N–H and O–H groups in total. The number of benzene rings is 1. The molecule has 110 valence electrons. The number of carbonyl (C=O) groups is 2. The number of hydrogen-bond donors (Lipinski definition) is 2. The molecule has 0 saturated heterocycles. The van der Waals surface area contributed by atoms with Crippen molar-refractivity contribution in [3.63, 3.8) is 0 Å². The van der Waals surface area contributed by atoms with Crippen LogP contribution in [0, 0.1) is 0 Å². The van der Waals surface area contributed by atoms with Crippen LogP contribution in [0.2, 0.25) is 0 Å². The summed E-state index contributed by atoms with van der Waals surface area (Å²) in [4.78, 5) is 22.6. The topological polar surface area (TPSA) is 75.6 Å². The van der Waals surface area contributed by atoms with Gasteiger partial charge in [-0.1, -0.05) is 32.0 Å². The highest BCUT2D eigenvalue weighted by molar-refractivity contribution is 5.86. The molecule has 0 radical (unpaired) electrons. The van der Waals surface area contributed by atoms with Crippen LogP contribution in [-0.4, -0.2) is 29.1 Å². The van der Waals surface area contributed by atoms with E-state index in [-0.39, 0.29) is 12.5 Å². The summed E-state index contributed by atoms with van der Waals surface area (Å²) in [6.45, 7) is 6.72. The van der Waals surface area contributed by atoms with Crippen molar-refractivity contribution in [3.8, 4) is 5.75 Å². The van der Waals surface area contributed by atoms with E-state index in [1.54, 1.807) is 6.07 Å². The lowest BCUT2D eigenvalue weighted by Gasteiger charge is -2.21. The van der Waals surface area contributed by atoms with Crippen LogP contribution in [0.3, 0.4) is 0 Å². The van der Waals surface area contributed by atoms with Gasteiger partial charge in [-0.2, -0.15) is 0 Å². The Labute approximate surface area is 118 Å². The number of amides is 1. The van der Waals surface area contributed by atoms with Crippen LogP contribution in [0.5, 0.6) is 5.75 Å². The molecule has 5 nitrogen and oxygen atoms in total. The minimum absolute atomic E-state index is 0.208. The number of carbonyl (C=O) groups excluding carboxylic acids is 1. The minimum atomic E-state index is -1.31. The number of carboxylic acid groups (broad SMARTS) is 1. The van der Waals surface area contributed by atoms with Gasteiger partial charge < -0.3 is 15.2 Å². The number of hydrogen-bond acceptors (Lipinski definition) is 3. The van der Waals surface area contributed by atoms with Gasteiger partial charge in [0, 0.05) is 0 Å². The Morgan fingerprint density at radius 1 is 1.30 bits per heavy atom. The molecule has 0 aromatic heterocycles. The second-order valence-corrected chi connectivity index (χ2v) is 5.46. The predicted octanol–water partition coefficient (Wildman–Crippen LogP) is 2.17. The van der Waals surface area contributed by atoms with Crippen LogP contribution < -0.4 is 10.1 Å². The maximum atomic E-state index is 11.7. The molecule has 1 aromatic carbocycles. The number of nitrogens with one attached hydrogen (secondary N) is 1. The summed E-state index contributed by atoms with van der Waals surface area (Å²) in [5, 5.41) is 11.3. The number of rotatable bonds is 6. The van der Waals surface area contributed by atoms with E-state index in [0.717, 1.165) is 5.56 Å². The Morgan fingerprint density at radius 3 is 2.45 bits per heavy atom. The van der Waals surface area contributed by atoms with Crippen molar-refractivity contribution in [2.75, 3.05) is 6.61 Å². The molecule has 0 bridgehead atoms. The van der Waals surface area contributed by atoms with Gasteiger partial charge in [-0.3, -0.25) is 4.79 Å². The zero-order valence-electron chi connectivity index (χ0n) is 12.3. The largest absolute Gasteiger partial charge is 0.483 e. The molecule has 0 unspecified atom stereocenters. The third-order valence-corrected chi connectivity index (χ3v) is 2.89. The molecule has 20 heavy (non-hydrogen) atoms. The molecule has 1 amide bonds. The van der Waals surface area contributed by atoms with Gasteiger partial charge in [0.1, 0.15) is 11.3 Å². The van der Waals surface area contributed by atoms with Crippen LogP contribution in [0.4, 0.5) is 0 Å². The lowest BCUT2D eigenvalue weighted by molar-refractivity contribution is -0.146. The fourth-order valence-electron chi connectivity index (χ4n) is 1.67. The first kappa shape index (κ1) is 16.0. The lowest BCUT2D eigenvalue weighted by Crippen LogP contribution is -2.51. The first-order chi connectivity index (χ1) is 9.24. The predicted molar refractivity (Wildman–Crippen MR) is 75.9 cm³/mol. The second-order valence-electron chi connectivity index (χ2n) is 5.46. The quantitative estimate of drug-likeness (QED) is 0.836. The normalized spacial score (nSPS) is 11.2. The van der Waals surface area contributed by atoms with Crippen LogP contribution in [0.1, 0.15) is 39.2 Å². The van der Waals surface area contributed by atoms with Gasteiger partial charge in [0.25, 0.3) is 5.91 Å².